The summed E-state index contributed by atoms with van der Waals surface area (Å²) in [5.74, 6) is 0.337. The van der Waals surface area contributed by atoms with Crippen LogP contribution in [0.15, 0.2) is 18.2 Å². The van der Waals surface area contributed by atoms with E-state index in [4.69, 9.17) is 5.73 Å². The Hall–Kier alpha value is -1.02. The Balaban J connectivity index is 2.84. The highest BCUT2D eigenvalue weighted by molar-refractivity contribution is 5.36. The number of hydrogen-bond acceptors (Lipinski definition) is 2. The van der Waals surface area contributed by atoms with Gasteiger partial charge in [0.2, 0.25) is 0 Å². The fourth-order valence-corrected chi connectivity index (χ4v) is 1.33. The average molecular weight is 179 g/mol. The molecule has 13 heavy (non-hydrogen) atoms. The minimum absolute atomic E-state index is 0.0523. The molecule has 72 valence electrons. The molecule has 1 atom stereocenters. The third-order valence-corrected chi connectivity index (χ3v) is 2.26. The first-order valence-corrected chi connectivity index (χ1v) is 4.70. The average Bonchev–Trinajstić information content (AvgIpc) is 2.10. The zero-order chi connectivity index (χ0) is 9.84. The monoisotopic (exact) mass is 179 g/mol. The van der Waals surface area contributed by atoms with Gasteiger partial charge in [0.25, 0.3) is 0 Å². The van der Waals surface area contributed by atoms with Crippen LogP contribution in [-0.2, 0) is 0 Å². The molecule has 3 N–H and O–H groups in total. The van der Waals surface area contributed by atoms with Crippen LogP contribution in [0.2, 0.25) is 0 Å². The van der Waals surface area contributed by atoms with Crippen molar-refractivity contribution in [3.8, 4) is 5.75 Å². The second-order valence-electron chi connectivity index (χ2n) is 3.44. The first-order valence-electron chi connectivity index (χ1n) is 4.70. The molecule has 0 spiro atoms. The van der Waals surface area contributed by atoms with Gasteiger partial charge in [-0.25, -0.2) is 0 Å². The number of nitrogens with two attached hydrogens (primary N) is 1. The Bertz CT molecular complexity index is 283. The summed E-state index contributed by atoms with van der Waals surface area (Å²) >= 11 is 0. The number of rotatable bonds is 3. The Morgan fingerprint density at radius 2 is 2.15 bits per heavy atom. The molecule has 0 saturated carbocycles. The molecule has 0 saturated heterocycles. The van der Waals surface area contributed by atoms with Crippen molar-refractivity contribution < 1.29 is 5.11 Å². The lowest BCUT2D eigenvalue weighted by molar-refractivity contribution is 0.469. The minimum Gasteiger partial charge on any atom is -0.508 e. The van der Waals surface area contributed by atoms with Crippen LogP contribution >= 0.6 is 0 Å². The fourth-order valence-electron chi connectivity index (χ4n) is 1.33. The normalized spacial score (nSPS) is 12.8. The summed E-state index contributed by atoms with van der Waals surface area (Å²) in [4.78, 5) is 0. The van der Waals surface area contributed by atoms with Gasteiger partial charge >= 0.3 is 0 Å². The highest BCUT2D eigenvalue weighted by Gasteiger charge is 2.06. The molecule has 0 heterocycles. The van der Waals surface area contributed by atoms with Crippen molar-refractivity contribution in [2.24, 2.45) is 5.73 Å². The maximum Gasteiger partial charge on any atom is 0.118 e. The van der Waals surface area contributed by atoms with Crippen molar-refractivity contribution in [3.63, 3.8) is 0 Å². The molecule has 0 radical (unpaired) electrons. The van der Waals surface area contributed by atoms with E-state index < -0.39 is 0 Å². The Morgan fingerprint density at radius 3 is 2.69 bits per heavy atom. The van der Waals surface area contributed by atoms with Crippen LogP contribution in [0.1, 0.15) is 36.9 Å². The van der Waals surface area contributed by atoms with Crippen LogP contribution in [0.3, 0.4) is 0 Å². The van der Waals surface area contributed by atoms with Gasteiger partial charge in [0.15, 0.2) is 0 Å². The third-order valence-electron chi connectivity index (χ3n) is 2.26. The van der Waals surface area contributed by atoms with Gasteiger partial charge in [0.05, 0.1) is 0 Å². The van der Waals surface area contributed by atoms with Crippen molar-refractivity contribution in [2.45, 2.75) is 32.7 Å². The topological polar surface area (TPSA) is 46.2 Å². The van der Waals surface area contributed by atoms with E-state index in [1.807, 2.05) is 19.1 Å². The van der Waals surface area contributed by atoms with Gasteiger partial charge in [0, 0.05) is 6.04 Å². The molecule has 2 nitrogen and oxygen atoms in total. The van der Waals surface area contributed by atoms with E-state index in [0.29, 0.717) is 5.75 Å². The van der Waals surface area contributed by atoms with Gasteiger partial charge < -0.3 is 10.8 Å². The van der Waals surface area contributed by atoms with E-state index in [1.54, 1.807) is 6.07 Å². The van der Waals surface area contributed by atoms with Crippen molar-refractivity contribution in [2.75, 3.05) is 0 Å². The molecule has 0 aromatic heterocycles. The molecule has 2 heteroatoms. The van der Waals surface area contributed by atoms with E-state index >= 15 is 0 Å². The Morgan fingerprint density at radius 1 is 1.46 bits per heavy atom. The van der Waals surface area contributed by atoms with E-state index in [-0.39, 0.29) is 6.04 Å². The number of phenols is 1. The van der Waals surface area contributed by atoms with Crippen LogP contribution in [0.25, 0.3) is 0 Å². The van der Waals surface area contributed by atoms with Gasteiger partial charge in [-0.2, -0.15) is 0 Å². The van der Waals surface area contributed by atoms with Crippen molar-refractivity contribution in [3.05, 3.63) is 29.3 Å². The van der Waals surface area contributed by atoms with E-state index in [9.17, 15) is 5.11 Å². The number of phenolic OH excluding ortho intramolecular Hbond substituents is 1. The van der Waals surface area contributed by atoms with E-state index in [2.05, 4.69) is 6.92 Å². The first-order chi connectivity index (χ1) is 6.15. The second kappa shape index (κ2) is 4.28. The van der Waals surface area contributed by atoms with Crippen LogP contribution in [0, 0.1) is 6.92 Å². The van der Waals surface area contributed by atoms with Gasteiger partial charge in [-0.3, -0.25) is 0 Å². The number of hydrogen-bond donors (Lipinski definition) is 2. The molecule has 0 unspecified atom stereocenters. The number of aromatic hydroxyl groups is 1. The lowest BCUT2D eigenvalue weighted by Crippen LogP contribution is -2.09. The number of aryl methyl sites for hydroxylation is 1. The largest absolute Gasteiger partial charge is 0.508 e. The maximum absolute atomic E-state index is 9.46. The summed E-state index contributed by atoms with van der Waals surface area (Å²) in [7, 11) is 0. The van der Waals surface area contributed by atoms with Crippen LogP contribution in [0.4, 0.5) is 0 Å². The summed E-state index contributed by atoms with van der Waals surface area (Å²) in [5, 5.41) is 9.46. The summed E-state index contributed by atoms with van der Waals surface area (Å²) in [6.45, 7) is 3.98. The molecule has 1 rings (SSSR count). The van der Waals surface area contributed by atoms with Gasteiger partial charge in [-0.05, 0) is 30.5 Å². The molecule has 0 bridgehead atoms. The van der Waals surface area contributed by atoms with Crippen LogP contribution in [-0.4, -0.2) is 5.11 Å². The summed E-state index contributed by atoms with van der Waals surface area (Å²) in [6.07, 6.45) is 2.03. The Kier molecular flexibility index (Phi) is 3.32. The molecule has 1 aromatic carbocycles. The molecule has 0 amide bonds. The van der Waals surface area contributed by atoms with E-state index in [1.165, 1.54) is 0 Å². The van der Waals surface area contributed by atoms with Crippen molar-refractivity contribution in [1.29, 1.82) is 0 Å². The second-order valence-corrected chi connectivity index (χ2v) is 3.44. The highest BCUT2D eigenvalue weighted by atomic mass is 16.3. The van der Waals surface area contributed by atoms with Gasteiger partial charge in [-0.1, -0.05) is 25.5 Å². The molecule has 0 aliphatic heterocycles. The van der Waals surface area contributed by atoms with Crippen molar-refractivity contribution >= 4 is 0 Å². The zero-order valence-electron chi connectivity index (χ0n) is 8.25. The SMILES string of the molecule is CCC[C@@H](N)c1ccc(C)c(O)c1. The third kappa shape index (κ3) is 2.46. The summed E-state index contributed by atoms with van der Waals surface area (Å²) in [5.41, 5.74) is 7.83. The lowest BCUT2D eigenvalue weighted by Gasteiger charge is -2.11. The highest BCUT2D eigenvalue weighted by Crippen LogP contribution is 2.22. The molecule has 0 aliphatic rings. The smallest absolute Gasteiger partial charge is 0.118 e. The van der Waals surface area contributed by atoms with Crippen molar-refractivity contribution in [1.82, 2.24) is 0 Å². The standard InChI is InChI=1S/C11H17NO/c1-3-4-10(12)9-6-5-8(2)11(13)7-9/h5-7,10,13H,3-4,12H2,1-2H3/t10-/m1/s1. The molecular weight excluding hydrogens is 162 g/mol. The summed E-state index contributed by atoms with van der Waals surface area (Å²) in [6, 6.07) is 5.70. The van der Waals surface area contributed by atoms with Gasteiger partial charge in [0.1, 0.15) is 5.75 Å². The molecule has 1 aromatic rings. The first kappa shape index (κ1) is 10.1. The minimum atomic E-state index is 0.0523. The van der Waals surface area contributed by atoms with Crippen LogP contribution < -0.4 is 5.73 Å². The number of benzene rings is 1. The quantitative estimate of drug-likeness (QED) is 0.748. The van der Waals surface area contributed by atoms with Gasteiger partial charge in [-0.15, -0.1) is 0 Å². The predicted molar refractivity (Wildman–Crippen MR) is 54.7 cm³/mol. The molecular formula is C11H17NO. The molecule has 0 fully saturated rings. The summed E-state index contributed by atoms with van der Waals surface area (Å²) < 4.78 is 0. The fraction of sp³-hybridized carbons (Fsp3) is 0.455. The predicted octanol–water partition coefficient (Wildman–Crippen LogP) is 2.50. The molecule has 0 aliphatic carbocycles. The Labute approximate surface area is 79.4 Å². The maximum atomic E-state index is 9.46. The van der Waals surface area contributed by atoms with E-state index in [0.717, 1.165) is 24.0 Å². The zero-order valence-corrected chi connectivity index (χ0v) is 8.25. The lowest BCUT2D eigenvalue weighted by atomic mass is 10.0. The van der Waals surface area contributed by atoms with Crippen LogP contribution in [0.5, 0.6) is 5.75 Å².